The summed E-state index contributed by atoms with van der Waals surface area (Å²) in [4.78, 5) is 31.9. The molecule has 3 aliphatic heterocycles. The molecule has 3 heterocycles. The van der Waals surface area contributed by atoms with Gasteiger partial charge in [-0.1, -0.05) is 0 Å². The smallest absolute Gasteiger partial charge is 0.322 e. The fraction of sp³-hybridized carbons (Fsp3) is 0.389. The summed E-state index contributed by atoms with van der Waals surface area (Å²) in [6.07, 6.45) is 4.00. The Morgan fingerprint density at radius 3 is 2.73 bits per heavy atom. The number of carbonyl (C=O) groups excluding carboxylic acids is 2. The van der Waals surface area contributed by atoms with Crippen molar-refractivity contribution >= 4 is 23.5 Å². The number of urea groups is 1. The first-order valence-corrected chi connectivity index (χ1v) is 8.81. The van der Waals surface area contributed by atoms with E-state index in [1.54, 1.807) is 24.3 Å². The molecular weight excluding hydrogens is 334 g/mol. The van der Waals surface area contributed by atoms with Crippen LogP contribution in [0.4, 0.5) is 4.79 Å². The molecule has 0 radical (unpaired) electrons. The summed E-state index contributed by atoms with van der Waals surface area (Å²) < 4.78 is 0. The Bertz CT molecular complexity index is 787. The van der Waals surface area contributed by atoms with Crippen molar-refractivity contribution in [3.63, 3.8) is 0 Å². The number of fused-ring (bicyclic) bond motifs is 1. The first-order chi connectivity index (χ1) is 12.6. The highest BCUT2D eigenvalue weighted by Crippen LogP contribution is 2.25. The third-order valence-electron chi connectivity index (χ3n) is 4.81. The highest BCUT2D eigenvalue weighted by Gasteiger charge is 2.34. The molecule has 8 heteroatoms. The number of aliphatic imine (C=N–C) groups is 1. The third kappa shape index (κ3) is 3.22. The molecule has 3 aliphatic rings. The molecule has 1 unspecified atom stereocenters. The van der Waals surface area contributed by atoms with Crippen molar-refractivity contribution in [2.45, 2.75) is 25.4 Å². The average Bonchev–Trinajstić information content (AvgIpc) is 3.20. The van der Waals surface area contributed by atoms with Crippen molar-refractivity contribution in [2.75, 3.05) is 19.6 Å². The second-order valence-electron chi connectivity index (χ2n) is 6.63. The van der Waals surface area contributed by atoms with Crippen molar-refractivity contribution in [1.82, 2.24) is 20.4 Å². The van der Waals surface area contributed by atoms with Gasteiger partial charge in [0.1, 0.15) is 5.75 Å². The number of hydrogen-bond donors (Lipinski definition) is 3. The van der Waals surface area contributed by atoms with Crippen LogP contribution in [0.3, 0.4) is 0 Å². The molecule has 8 nitrogen and oxygen atoms in total. The van der Waals surface area contributed by atoms with E-state index in [9.17, 15) is 14.7 Å². The van der Waals surface area contributed by atoms with E-state index in [-0.39, 0.29) is 23.9 Å². The summed E-state index contributed by atoms with van der Waals surface area (Å²) in [5.74, 6) is 0.985. The zero-order chi connectivity index (χ0) is 18.1. The average molecular weight is 355 g/mol. The Labute approximate surface area is 151 Å². The van der Waals surface area contributed by atoms with Gasteiger partial charge < -0.3 is 20.2 Å². The first kappa shape index (κ1) is 16.4. The van der Waals surface area contributed by atoms with Crippen molar-refractivity contribution in [3.05, 3.63) is 36.0 Å². The Balaban J connectivity index is 1.49. The number of amides is 3. The maximum absolute atomic E-state index is 11.7. The Morgan fingerprint density at radius 2 is 2.00 bits per heavy atom. The second kappa shape index (κ2) is 6.70. The summed E-state index contributed by atoms with van der Waals surface area (Å²) in [6.45, 7) is 2.25. The fourth-order valence-corrected chi connectivity index (χ4v) is 3.48. The van der Waals surface area contributed by atoms with E-state index >= 15 is 0 Å². The van der Waals surface area contributed by atoms with Crippen molar-refractivity contribution < 1.29 is 14.7 Å². The number of likely N-dealkylation sites (tertiary alicyclic amines) is 1. The summed E-state index contributed by atoms with van der Waals surface area (Å²) in [7, 11) is 0. The van der Waals surface area contributed by atoms with E-state index < -0.39 is 0 Å². The standard InChI is InChI=1S/C18H21N5O3/c24-13-6-4-12(5-7-13)14-11-23(17-16(19-14)20-18(26)21-17)10-2-9-22-8-1-3-15(22)25/h4-7,11,17,24H,1-3,8-10H2,(H2,19,20,21,26). The highest BCUT2D eigenvalue weighted by atomic mass is 16.3. The number of aromatic hydroxyl groups is 1. The summed E-state index contributed by atoms with van der Waals surface area (Å²) in [5, 5.41) is 15.1. The molecule has 2 fully saturated rings. The van der Waals surface area contributed by atoms with Gasteiger partial charge in [0.15, 0.2) is 12.0 Å². The lowest BCUT2D eigenvalue weighted by Gasteiger charge is -2.31. The number of rotatable bonds is 5. The van der Waals surface area contributed by atoms with Gasteiger partial charge in [0, 0.05) is 37.8 Å². The molecule has 1 atom stereocenters. The summed E-state index contributed by atoms with van der Waals surface area (Å²) in [6, 6.07) is 6.52. The number of phenolic OH excluding ortho intramolecular Hbond substituents is 1. The lowest BCUT2D eigenvalue weighted by molar-refractivity contribution is -0.127. The van der Waals surface area contributed by atoms with Crippen LogP contribution in [0.25, 0.3) is 5.70 Å². The van der Waals surface area contributed by atoms with Gasteiger partial charge in [-0.15, -0.1) is 0 Å². The maximum Gasteiger partial charge on any atom is 0.322 e. The van der Waals surface area contributed by atoms with Gasteiger partial charge in [-0.3, -0.25) is 10.1 Å². The zero-order valence-electron chi connectivity index (χ0n) is 14.3. The van der Waals surface area contributed by atoms with Crippen LogP contribution in [0.1, 0.15) is 24.8 Å². The van der Waals surface area contributed by atoms with E-state index in [1.807, 2.05) is 16.0 Å². The molecule has 0 aromatic heterocycles. The Morgan fingerprint density at radius 1 is 1.19 bits per heavy atom. The van der Waals surface area contributed by atoms with Gasteiger partial charge in [0.2, 0.25) is 5.91 Å². The number of nitrogens with zero attached hydrogens (tertiary/aromatic N) is 3. The molecule has 1 aromatic carbocycles. The fourth-order valence-electron chi connectivity index (χ4n) is 3.48. The Hall–Kier alpha value is -3.03. The third-order valence-corrected chi connectivity index (χ3v) is 4.81. The van der Waals surface area contributed by atoms with E-state index in [0.29, 0.717) is 18.8 Å². The molecule has 3 amide bonds. The Kier molecular flexibility index (Phi) is 4.24. The molecule has 3 N–H and O–H groups in total. The van der Waals surface area contributed by atoms with Crippen LogP contribution in [-0.4, -0.2) is 58.5 Å². The van der Waals surface area contributed by atoms with Crippen LogP contribution >= 0.6 is 0 Å². The van der Waals surface area contributed by atoms with Gasteiger partial charge in [0.05, 0.1) is 5.70 Å². The molecule has 0 spiro atoms. The number of hydrogen-bond acceptors (Lipinski definition) is 5. The van der Waals surface area contributed by atoms with Gasteiger partial charge in [0.25, 0.3) is 0 Å². The lowest BCUT2D eigenvalue weighted by Crippen LogP contribution is -2.46. The summed E-state index contributed by atoms with van der Waals surface area (Å²) >= 11 is 0. The molecule has 0 aliphatic carbocycles. The van der Waals surface area contributed by atoms with E-state index in [4.69, 9.17) is 0 Å². The summed E-state index contributed by atoms with van der Waals surface area (Å²) in [5.41, 5.74) is 1.58. The molecule has 2 saturated heterocycles. The van der Waals surface area contributed by atoms with E-state index in [2.05, 4.69) is 15.6 Å². The van der Waals surface area contributed by atoms with Crippen molar-refractivity contribution in [2.24, 2.45) is 4.99 Å². The maximum atomic E-state index is 11.7. The number of benzene rings is 1. The number of carbonyl (C=O) groups is 2. The molecule has 1 aromatic rings. The van der Waals surface area contributed by atoms with Crippen molar-refractivity contribution in [1.29, 1.82) is 0 Å². The number of nitrogens with one attached hydrogen (secondary N) is 2. The normalized spacial score (nSPS) is 21.9. The van der Waals surface area contributed by atoms with Crippen LogP contribution in [0.15, 0.2) is 35.5 Å². The molecule has 0 saturated carbocycles. The highest BCUT2D eigenvalue weighted by molar-refractivity contribution is 6.09. The second-order valence-corrected chi connectivity index (χ2v) is 6.63. The van der Waals surface area contributed by atoms with Crippen LogP contribution in [0, 0.1) is 0 Å². The van der Waals surface area contributed by atoms with Crippen molar-refractivity contribution in [3.8, 4) is 5.75 Å². The van der Waals surface area contributed by atoms with Gasteiger partial charge in [-0.05, 0) is 37.1 Å². The van der Waals surface area contributed by atoms with E-state index in [1.165, 1.54) is 0 Å². The molecule has 0 bridgehead atoms. The number of amidine groups is 1. The molecule has 136 valence electrons. The quantitative estimate of drug-likeness (QED) is 0.736. The molecular formula is C18H21N5O3. The first-order valence-electron chi connectivity index (χ1n) is 8.81. The topological polar surface area (TPSA) is 97.3 Å². The van der Waals surface area contributed by atoms with E-state index in [0.717, 1.165) is 37.2 Å². The monoisotopic (exact) mass is 355 g/mol. The minimum Gasteiger partial charge on any atom is -0.508 e. The van der Waals surface area contributed by atoms with Gasteiger partial charge in [-0.25, -0.2) is 9.79 Å². The number of phenols is 1. The lowest BCUT2D eigenvalue weighted by atomic mass is 10.1. The largest absolute Gasteiger partial charge is 0.508 e. The van der Waals surface area contributed by atoms with Gasteiger partial charge >= 0.3 is 6.03 Å². The SMILES string of the molecule is O=C1NC2=NC(c3ccc(O)cc3)=CN(CCCN3CCCC3=O)C2N1. The minimum atomic E-state index is -0.308. The predicted octanol–water partition coefficient (Wildman–Crippen LogP) is 1.06. The van der Waals surface area contributed by atoms with Crippen LogP contribution in [-0.2, 0) is 4.79 Å². The zero-order valence-corrected chi connectivity index (χ0v) is 14.3. The minimum absolute atomic E-state index is 0.193. The predicted molar refractivity (Wildman–Crippen MR) is 96.1 cm³/mol. The van der Waals surface area contributed by atoms with Crippen LogP contribution in [0.2, 0.25) is 0 Å². The molecule has 26 heavy (non-hydrogen) atoms. The van der Waals surface area contributed by atoms with Crippen LogP contribution < -0.4 is 10.6 Å². The van der Waals surface area contributed by atoms with Gasteiger partial charge in [-0.2, -0.15) is 0 Å². The van der Waals surface area contributed by atoms with Crippen LogP contribution in [0.5, 0.6) is 5.75 Å². The molecule has 4 rings (SSSR count).